The summed E-state index contributed by atoms with van der Waals surface area (Å²) in [5, 5.41) is 24.7. The van der Waals surface area contributed by atoms with Crippen molar-refractivity contribution >= 4 is 11.6 Å². The third kappa shape index (κ3) is 4.80. The van der Waals surface area contributed by atoms with Crippen LogP contribution < -0.4 is 5.32 Å². The molecule has 4 fully saturated rings. The maximum absolute atomic E-state index is 12.8. The molecular formula is C31H44F3NO3. The second-order valence-electron chi connectivity index (χ2n) is 13.5. The summed E-state index contributed by atoms with van der Waals surface area (Å²) in [4.78, 5) is 12.6. The van der Waals surface area contributed by atoms with Crippen LogP contribution in [0.1, 0.15) is 90.5 Å². The molecule has 3 N–H and O–H groups in total. The summed E-state index contributed by atoms with van der Waals surface area (Å²) in [6.07, 6.45) is 4.35. The van der Waals surface area contributed by atoms with Gasteiger partial charge in [0.05, 0.1) is 17.8 Å². The quantitative estimate of drug-likeness (QED) is 0.378. The van der Waals surface area contributed by atoms with E-state index in [9.17, 15) is 28.2 Å². The summed E-state index contributed by atoms with van der Waals surface area (Å²) in [7, 11) is 0. The van der Waals surface area contributed by atoms with Gasteiger partial charge < -0.3 is 15.5 Å². The summed E-state index contributed by atoms with van der Waals surface area (Å²) in [6.45, 7) is 6.93. The Balaban J connectivity index is 1.21. The molecule has 0 heterocycles. The van der Waals surface area contributed by atoms with Gasteiger partial charge in [0.15, 0.2) is 0 Å². The van der Waals surface area contributed by atoms with E-state index in [0.29, 0.717) is 48.1 Å². The number of aliphatic hydroxyl groups is 2. The van der Waals surface area contributed by atoms with Gasteiger partial charge in [-0.25, -0.2) is 0 Å². The molecule has 1 aromatic rings. The lowest BCUT2D eigenvalue weighted by Crippen LogP contribution is -2.58. The zero-order valence-electron chi connectivity index (χ0n) is 22.9. The van der Waals surface area contributed by atoms with Crippen LogP contribution >= 0.6 is 0 Å². The number of hydrogen-bond donors (Lipinski definition) is 3. The van der Waals surface area contributed by atoms with Gasteiger partial charge in [-0.2, -0.15) is 13.2 Å². The molecule has 0 saturated heterocycles. The maximum atomic E-state index is 12.8. The van der Waals surface area contributed by atoms with Gasteiger partial charge in [-0.05, 0) is 128 Å². The highest BCUT2D eigenvalue weighted by atomic mass is 19.4. The van der Waals surface area contributed by atoms with Crippen molar-refractivity contribution < 1.29 is 28.2 Å². The van der Waals surface area contributed by atoms with Crippen LogP contribution in [0.3, 0.4) is 0 Å². The van der Waals surface area contributed by atoms with Gasteiger partial charge in [-0.15, -0.1) is 0 Å². The number of fused-ring (bicyclic) bond motifs is 5. The zero-order chi connectivity index (χ0) is 27.5. The number of carbonyl (C=O) groups excluding carboxylic acids is 1. The number of carbonyl (C=O) groups is 1. The van der Waals surface area contributed by atoms with Crippen LogP contribution in [0.2, 0.25) is 0 Å². The molecule has 1 amide bonds. The number of rotatable bonds is 5. The number of amides is 1. The Bertz CT molecular complexity index is 1010. The first kappa shape index (κ1) is 27.9. The topological polar surface area (TPSA) is 69.6 Å². The molecule has 4 saturated carbocycles. The molecule has 212 valence electrons. The van der Waals surface area contributed by atoms with Crippen LogP contribution in [-0.2, 0) is 11.0 Å². The first-order valence-electron chi connectivity index (χ1n) is 14.7. The molecule has 10 atom stereocenters. The lowest BCUT2D eigenvalue weighted by Gasteiger charge is -2.62. The van der Waals surface area contributed by atoms with E-state index in [4.69, 9.17) is 0 Å². The van der Waals surface area contributed by atoms with Gasteiger partial charge in [0.1, 0.15) is 0 Å². The standard InChI is InChI=1S/C31H44F3NO3/c1-18(4-13-28(38)35-21-8-5-19(6-9-21)31(32,33)34)24-11-12-25-23-10-7-20-16-22(36)14-15-29(20,2)26(23)17-27(37)30(24,25)3/h5-6,8-9,18,20,22-27,36-37H,4,7,10-17H2,1-3H3,(H,35,38)/t18-,20-,22-,23+,24-,25+,26+,27+,29+,30-/m1/s1. The molecule has 5 rings (SSSR count). The summed E-state index contributed by atoms with van der Waals surface area (Å²) in [5.74, 6) is 2.63. The third-order valence-electron chi connectivity index (χ3n) is 11.8. The van der Waals surface area contributed by atoms with Crippen LogP contribution in [0.15, 0.2) is 24.3 Å². The van der Waals surface area contributed by atoms with Crippen LogP contribution in [0.5, 0.6) is 0 Å². The van der Waals surface area contributed by atoms with E-state index in [1.165, 1.54) is 25.0 Å². The van der Waals surface area contributed by atoms with Crippen molar-refractivity contribution in [2.75, 3.05) is 5.32 Å². The second kappa shape index (κ2) is 10.1. The molecule has 7 heteroatoms. The molecule has 4 nitrogen and oxygen atoms in total. The summed E-state index contributed by atoms with van der Waals surface area (Å²) in [6, 6.07) is 4.56. The smallest absolute Gasteiger partial charge is 0.393 e. The average molecular weight is 536 g/mol. The average Bonchev–Trinajstić information content (AvgIpc) is 3.22. The Labute approximate surface area is 224 Å². The van der Waals surface area contributed by atoms with Crippen molar-refractivity contribution in [1.82, 2.24) is 0 Å². The minimum atomic E-state index is -4.40. The van der Waals surface area contributed by atoms with Gasteiger partial charge in [0.2, 0.25) is 5.91 Å². The second-order valence-corrected chi connectivity index (χ2v) is 13.5. The largest absolute Gasteiger partial charge is 0.416 e. The van der Waals surface area contributed by atoms with Crippen molar-refractivity contribution in [2.45, 2.75) is 103 Å². The van der Waals surface area contributed by atoms with Crippen LogP contribution in [0.25, 0.3) is 0 Å². The molecule has 0 bridgehead atoms. The molecule has 4 aliphatic carbocycles. The molecular weight excluding hydrogens is 491 g/mol. The van der Waals surface area contributed by atoms with E-state index in [1.807, 2.05) is 0 Å². The Morgan fingerprint density at radius 3 is 2.42 bits per heavy atom. The number of anilines is 1. The third-order valence-corrected chi connectivity index (χ3v) is 11.8. The number of halogens is 3. The summed E-state index contributed by atoms with van der Waals surface area (Å²) in [5.41, 5.74) is -0.298. The Kier molecular flexibility index (Phi) is 7.43. The van der Waals surface area contributed by atoms with Crippen LogP contribution in [0.4, 0.5) is 18.9 Å². The van der Waals surface area contributed by atoms with E-state index >= 15 is 0 Å². The van der Waals surface area contributed by atoms with Crippen LogP contribution in [-0.4, -0.2) is 28.3 Å². The van der Waals surface area contributed by atoms with Crippen molar-refractivity contribution in [3.63, 3.8) is 0 Å². The minimum absolute atomic E-state index is 0.151. The van der Waals surface area contributed by atoms with Gasteiger partial charge in [-0.3, -0.25) is 4.79 Å². The highest BCUT2D eigenvalue weighted by Gasteiger charge is 2.63. The molecule has 0 aliphatic heterocycles. The normalized spacial score (nSPS) is 41.5. The molecule has 4 aliphatic rings. The molecule has 1 aromatic carbocycles. The van der Waals surface area contributed by atoms with E-state index in [-0.39, 0.29) is 34.9 Å². The van der Waals surface area contributed by atoms with Crippen molar-refractivity contribution in [2.24, 2.45) is 46.3 Å². The maximum Gasteiger partial charge on any atom is 0.416 e. The first-order valence-corrected chi connectivity index (χ1v) is 14.7. The fourth-order valence-corrected chi connectivity index (χ4v) is 9.69. The van der Waals surface area contributed by atoms with Gasteiger partial charge in [-0.1, -0.05) is 20.8 Å². The fourth-order valence-electron chi connectivity index (χ4n) is 9.69. The lowest BCUT2D eigenvalue weighted by molar-refractivity contribution is -0.174. The Morgan fingerprint density at radius 1 is 1.03 bits per heavy atom. The Hall–Kier alpha value is -1.60. The molecule has 0 spiro atoms. The van der Waals surface area contributed by atoms with E-state index in [0.717, 1.165) is 50.7 Å². The first-order chi connectivity index (χ1) is 17.8. The van der Waals surface area contributed by atoms with E-state index in [2.05, 4.69) is 26.1 Å². The number of hydrogen-bond acceptors (Lipinski definition) is 3. The number of benzene rings is 1. The minimum Gasteiger partial charge on any atom is -0.393 e. The lowest BCUT2D eigenvalue weighted by atomic mass is 9.43. The molecule has 0 radical (unpaired) electrons. The van der Waals surface area contributed by atoms with Crippen molar-refractivity contribution in [3.05, 3.63) is 29.8 Å². The van der Waals surface area contributed by atoms with Crippen LogP contribution in [0, 0.1) is 46.3 Å². The molecule has 0 aromatic heterocycles. The van der Waals surface area contributed by atoms with Crippen molar-refractivity contribution in [1.29, 1.82) is 0 Å². The predicted molar refractivity (Wildman–Crippen MR) is 141 cm³/mol. The monoisotopic (exact) mass is 535 g/mol. The van der Waals surface area contributed by atoms with E-state index in [1.54, 1.807) is 0 Å². The molecule has 0 unspecified atom stereocenters. The number of nitrogens with one attached hydrogen (secondary N) is 1. The number of aliphatic hydroxyl groups excluding tert-OH is 2. The van der Waals surface area contributed by atoms with Gasteiger partial charge >= 0.3 is 6.18 Å². The SMILES string of the molecule is C[C@H](CCC(=O)Nc1ccc(C(F)(F)F)cc1)[C@H]1CC[C@H]2[C@@H]3CC[C@@H]4C[C@H](O)CC[C@]4(C)[C@H]3C[C@H](O)[C@]12C. The highest BCUT2D eigenvalue weighted by molar-refractivity contribution is 5.90. The summed E-state index contributed by atoms with van der Waals surface area (Å²) < 4.78 is 38.4. The van der Waals surface area contributed by atoms with Gasteiger partial charge in [0.25, 0.3) is 0 Å². The number of alkyl halides is 3. The zero-order valence-corrected chi connectivity index (χ0v) is 22.9. The Morgan fingerprint density at radius 2 is 1.74 bits per heavy atom. The highest BCUT2D eigenvalue weighted by Crippen LogP contribution is 2.68. The van der Waals surface area contributed by atoms with E-state index < -0.39 is 11.7 Å². The summed E-state index contributed by atoms with van der Waals surface area (Å²) >= 11 is 0. The molecule has 38 heavy (non-hydrogen) atoms. The predicted octanol–water partition coefficient (Wildman–Crippen LogP) is 7.05. The fraction of sp³-hybridized carbons (Fsp3) is 0.774. The van der Waals surface area contributed by atoms with Gasteiger partial charge in [0, 0.05) is 12.1 Å². The van der Waals surface area contributed by atoms with Crippen molar-refractivity contribution in [3.8, 4) is 0 Å².